The molecule has 0 bridgehead atoms. The van der Waals surface area contributed by atoms with Crippen LogP contribution < -0.4 is 15.4 Å². The van der Waals surface area contributed by atoms with Gasteiger partial charge in [-0.15, -0.1) is 0 Å². The monoisotopic (exact) mass is 527 g/mol. The summed E-state index contributed by atoms with van der Waals surface area (Å²) in [7, 11) is 1.75. The number of ether oxygens (including phenoxy) is 1. The van der Waals surface area contributed by atoms with Crippen LogP contribution in [0.2, 0.25) is 5.02 Å². The van der Waals surface area contributed by atoms with E-state index in [2.05, 4.69) is 22.3 Å². The first-order chi connectivity index (χ1) is 17.8. The third-order valence-electron chi connectivity index (χ3n) is 6.36. The fourth-order valence-corrected chi connectivity index (χ4v) is 4.42. The molecule has 8 nitrogen and oxygen atoms in total. The van der Waals surface area contributed by atoms with E-state index in [1.54, 1.807) is 36.9 Å². The summed E-state index contributed by atoms with van der Waals surface area (Å²) in [5.74, 6) is 0.355. The maximum Gasteiger partial charge on any atom is 0.314 e. The van der Waals surface area contributed by atoms with E-state index in [1.165, 1.54) is 23.1 Å². The quantitative estimate of drug-likeness (QED) is 0.436. The lowest BCUT2D eigenvalue weighted by molar-refractivity contribution is 0.0762. The number of benzene rings is 1. The van der Waals surface area contributed by atoms with Crippen molar-refractivity contribution in [3.63, 3.8) is 0 Å². The van der Waals surface area contributed by atoms with E-state index in [4.69, 9.17) is 16.3 Å². The van der Waals surface area contributed by atoms with Crippen LogP contribution in [-0.2, 0) is 13.7 Å². The maximum atomic E-state index is 14.6. The number of nitrogens with one attached hydrogen (secondary N) is 2. The molecule has 0 atom stereocenters. The Balaban J connectivity index is 1.58. The number of halogens is 2. The smallest absolute Gasteiger partial charge is 0.314 e. The summed E-state index contributed by atoms with van der Waals surface area (Å²) >= 11 is 6.22. The van der Waals surface area contributed by atoms with Gasteiger partial charge in [-0.3, -0.25) is 9.48 Å². The Morgan fingerprint density at radius 1 is 1.35 bits per heavy atom. The minimum absolute atomic E-state index is 0.0268. The highest BCUT2D eigenvalue weighted by molar-refractivity contribution is 6.31. The fourth-order valence-electron chi connectivity index (χ4n) is 4.25. The molecule has 0 radical (unpaired) electrons. The highest BCUT2D eigenvalue weighted by Crippen LogP contribution is 2.40. The van der Waals surface area contributed by atoms with Crippen molar-refractivity contribution in [2.75, 3.05) is 26.2 Å². The van der Waals surface area contributed by atoms with Crippen molar-refractivity contribution in [1.29, 1.82) is 0 Å². The van der Waals surface area contributed by atoms with Crippen LogP contribution >= 0.6 is 11.6 Å². The SMILES string of the molecule is C=C/C=C(CN(CCNC(=O)NCC1CC1)C(=O)c1nn(C)c2c1COc1ccc(Cl)cc1-2)\C(F)=C/C. The van der Waals surface area contributed by atoms with E-state index in [-0.39, 0.29) is 38.0 Å². The molecule has 1 fully saturated rings. The molecule has 1 aromatic heterocycles. The van der Waals surface area contributed by atoms with E-state index in [9.17, 15) is 14.0 Å². The fraction of sp³-hybridized carbons (Fsp3) is 0.370. The highest BCUT2D eigenvalue weighted by atomic mass is 35.5. The molecule has 1 aliphatic heterocycles. The molecule has 2 heterocycles. The molecule has 1 saturated carbocycles. The number of fused-ring (bicyclic) bond motifs is 3. The second-order valence-corrected chi connectivity index (χ2v) is 9.54. The number of hydrogen-bond donors (Lipinski definition) is 2. The molecule has 1 aliphatic carbocycles. The summed E-state index contributed by atoms with van der Waals surface area (Å²) in [5.41, 5.74) is 2.62. The zero-order valence-electron chi connectivity index (χ0n) is 21.0. The van der Waals surface area contributed by atoms with Crippen LogP contribution in [0.15, 0.2) is 54.4 Å². The molecule has 0 spiro atoms. The van der Waals surface area contributed by atoms with Crippen LogP contribution in [0.1, 0.15) is 35.8 Å². The molecule has 2 aromatic rings. The largest absolute Gasteiger partial charge is 0.488 e. The summed E-state index contributed by atoms with van der Waals surface area (Å²) < 4.78 is 22.1. The van der Waals surface area contributed by atoms with Crippen molar-refractivity contribution < 1.29 is 18.7 Å². The molecule has 0 unspecified atom stereocenters. The van der Waals surface area contributed by atoms with Gasteiger partial charge in [-0.05, 0) is 43.9 Å². The third kappa shape index (κ3) is 6.22. The van der Waals surface area contributed by atoms with Crippen molar-refractivity contribution in [2.45, 2.75) is 26.4 Å². The number of urea groups is 1. The molecule has 2 aliphatic rings. The van der Waals surface area contributed by atoms with E-state index in [0.29, 0.717) is 34.4 Å². The maximum absolute atomic E-state index is 14.6. The molecule has 3 amide bonds. The number of carbonyl (C=O) groups is 2. The minimum atomic E-state index is -0.456. The molecule has 37 heavy (non-hydrogen) atoms. The summed E-state index contributed by atoms with van der Waals surface area (Å²) in [4.78, 5) is 27.4. The van der Waals surface area contributed by atoms with E-state index >= 15 is 0 Å². The average molecular weight is 528 g/mol. The normalized spacial score (nSPS) is 14.8. The van der Waals surface area contributed by atoms with Gasteiger partial charge in [0, 0.05) is 54.9 Å². The van der Waals surface area contributed by atoms with Crippen molar-refractivity contribution in [1.82, 2.24) is 25.3 Å². The first-order valence-corrected chi connectivity index (χ1v) is 12.6. The van der Waals surface area contributed by atoms with Crippen molar-refractivity contribution in [2.24, 2.45) is 13.0 Å². The molecule has 4 rings (SSSR count). The van der Waals surface area contributed by atoms with Crippen molar-refractivity contribution in [3.05, 3.63) is 70.7 Å². The Kier molecular flexibility index (Phi) is 8.33. The van der Waals surface area contributed by atoms with Gasteiger partial charge in [0.25, 0.3) is 5.91 Å². The number of aryl methyl sites for hydroxylation is 1. The number of amides is 3. The Bertz CT molecular complexity index is 1260. The van der Waals surface area contributed by atoms with Crippen LogP contribution in [0.5, 0.6) is 5.75 Å². The summed E-state index contributed by atoms with van der Waals surface area (Å²) in [5, 5.41) is 10.7. The van der Waals surface area contributed by atoms with Gasteiger partial charge in [-0.2, -0.15) is 5.10 Å². The average Bonchev–Trinajstić information content (AvgIpc) is 3.66. The lowest BCUT2D eigenvalue weighted by atomic mass is 10.0. The van der Waals surface area contributed by atoms with Crippen LogP contribution in [0.4, 0.5) is 9.18 Å². The van der Waals surface area contributed by atoms with Gasteiger partial charge in [-0.25, -0.2) is 9.18 Å². The molecule has 1 aromatic carbocycles. The minimum Gasteiger partial charge on any atom is -0.488 e. The first kappa shape index (κ1) is 26.5. The number of hydrogen-bond acceptors (Lipinski definition) is 4. The van der Waals surface area contributed by atoms with Gasteiger partial charge in [0.05, 0.1) is 5.69 Å². The number of aromatic nitrogens is 2. The van der Waals surface area contributed by atoms with Gasteiger partial charge < -0.3 is 20.3 Å². The Morgan fingerprint density at radius 3 is 2.84 bits per heavy atom. The third-order valence-corrected chi connectivity index (χ3v) is 6.59. The van der Waals surface area contributed by atoms with Gasteiger partial charge in [0.1, 0.15) is 18.2 Å². The second kappa shape index (κ2) is 11.6. The highest BCUT2D eigenvalue weighted by Gasteiger charge is 2.31. The zero-order chi connectivity index (χ0) is 26.5. The van der Waals surface area contributed by atoms with E-state index < -0.39 is 11.7 Å². The lowest BCUT2D eigenvalue weighted by Gasteiger charge is -2.24. The van der Waals surface area contributed by atoms with Crippen LogP contribution in [0.3, 0.4) is 0 Å². The summed E-state index contributed by atoms with van der Waals surface area (Å²) in [6.45, 7) is 6.35. The number of allylic oxidation sites excluding steroid dienone is 3. The van der Waals surface area contributed by atoms with Crippen molar-refractivity contribution in [3.8, 4) is 17.0 Å². The van der Waals surface area contributed by atoms with Gasteiger partial charge >= 0.3 is 6.03 Å². The van der Waals surface area contributed by atoms with Gasteiger partial charge in [-0.1, -0.05) is 36.4 Å². The predicted molar refractivity (Wildman–Crippen MR) is 141 cm³/mol. The lowest BCUT2D eigenvalue weighted by Crippen LogP contribution is -2.43. The molecular formula is C27H31ClFN5O3. The van der Waals surface area contributed by atoms with Crippen LogP contribution in [-0.4, -0.2) is 52.8 Å². The molecule has 10 heteroatoms. The number of carbonyl (C=O) groups excluding carboxylic acids is 2. The Labute approximate surface area is 220 Å². The number of nitrogens with zero attached hydrogens (tertiary/aromatic N) is 3. The molecule has 196 valence electrons. The molecular weight excluding hydrogens is 497 g/mol. The second-order valence-electron chi connectivity index (χ2n) is 9.10. The Morgan fingerprint density at radius 2 is 2.14 bits per heavy atom. The summed E-state index contributed by atoms with van der Waals surface area (Å²) in [6.07, 6.45) is 6.60. The van der Waals surface area contributed by atoms with E-state index in [1.807, 2.05) is 0 Å². The van der Waals surface area contributed by atoms with Crippen molar-refractivity contribution >= 4 is 23.5 Å². The predicted octanol–water partition coefficient (Wildman–Crippen LogP) is 4.77. The zero-order valence-corrected chi connectivity index (χ0v) is 21.8. The first-order valence-electron chi connectivity index (χ1n) is 12.3. The molecule has 0 saturated heterocycles. The summed E-state index contributed by atoms with van der Waals surface area (Å²) in [6, 6.07) is 5.01. The number of rotatable bonds is 10. The Hall–Kier alpha value is -3.59. The van der Waals surface area contributed by atoms with Crippen LogP contribution in [0, 0.1) is 5.92 Å². The van der Waals surface area contributed by atoms with E-state index in [0.717, 1.165) is 24.1 Å². The standard InChI is InChI=1S/C27H31ClFN5O3/c1-4-6-18(22(29)5-2)15-34(12-11-30-27(36)31-14-17-7-8-17)26(35)24-21-16-37-23-10-9-19(28)13-20(23)25(21)33(3)32-24/h4-6,9-10,13,17H,1,7-8,11-12,14-16H2,2-3H3,(H2,30,31,36)/b18-6-,22-5+. The molecule has 2 N–H and O–H groups in total. The van der Waals surface area contributed by atoms with Gasteiger partial charge in [0.15, 0.2) is 5.69 Å². The topological polar surface area (TPSA) is 88.5 Å². The van der Waals surface area contributed by atoms with Gasteiger partial charge in [0.2, 0.25) is 0 Å². The van der Waals surface area contributed by atoms with Crippen LogP contribution in [0.25, 0.3) is 11.3 Å².